The SMILES string of the molecule is C=CC(=O)N1C2CC(Oc3cc4c(Nc5ccc(Cl)c(Cl)c5F)ncnc4cc3O[C@H]3CCOC3)CC1C2. The quantitative estimate of drug-likeness (QED) is 0.294. The third-order valence-electron chi connectivity index (χ3n) is 7.29. The molecule has 198 valence electrons. The number of nitrogens with one attached hydrogen (secondary N) is 1. The second-order valence-electron chi connectivity index (χ2n) is 9.69. The lowest BCUT2D eigenvalue weighted by atomic mass is 9.78. The summed E-state index contributed by atoms with van der Waals surface area (Å²) in [5.41, 5.74) is 0.725. The maximum atomic E-state index is 14.8. The Morgan fingerprint density at radius 3 is 2.63 bits per heavy atom. The summed E-state index contributed by atoms with van der Waals surface area (Å²) >= 11 is 11.9. The van der Waals surface area contributed by atoms with Gasteiger partial charge in [0.15, 0.2) is 17.3 Å². The van der Waals surface area contributed by atoms with Gasteiger partial charge < -0.3 is 24.4 Å². The van der Waals surface area contributed by atoms with Gasteiger partial charge in [-0.15, -0.1) is 0 Å². The van der Waals surface area contributed by atoms with Crippen molar-refractivity contribution in [3.05, 3.63) is 59.1 Å². The normalized spacial score (nSPS) is 24.1. The van der Waals surface area contributed by atoms with Crippen LogP contribution >= 0.6 is 23.2 Å². The molecule has 11 heteroatoms. The second-order valence-corrected chi connectivity index (χ2v) is 10.5. The molecule has 3 aliphatic heterocycles. The molecule has 0 spiro atoms. The fourth-order valence-electron chi connectivity index (χ4n) is 5.45. The number of hydrogen-bond acceptors (Lipinski definition) is 7. The Morgan fingerprint density at radius 2 is 1.89 bits per heavy atom. The van der Waals surface area contributed by atoms with Crippen LogP contribution in [-0.2, 0) is 9.53 Å². The number of aromatic nitrogens is 2. The first-order valence-electron chi connectivity index (χ1n) is 12.5. The molecule has 1 saturated carbocycles. The second kappa shape index (κ2) is 10.2. The molecule has 3 aromatic rings. The molecule has 1 aromatic heterocycles. The highest BCUT2D eigenvalue weighted by molar-refractivity contribution is 6.42. The van der Waals surface area contributed by atoms with Crippen molar-refractivity contribution in [2.75, 3.05) is 18.5 Å². The van der Waals surface area contributed by atoms with E-state index in [-0.39, 0.29) is 45.9 Å². The van der Waals surface area contributed by atoms with Crippen molar-refractivity contribution in [2.24, 2.45) is 0 Å². The lowest BCUT2D eigenvalue weighted by Gasteiger charge is -2.54. The van der Waals surface area contributed by atoms with E-state index in [1.807, 2.05) is 11.0 Å². The molecule has 8 nitrogen and oxygen atoms in total. The minimum absolute atomic E-state index is 0.0388. The lowest BCUT2D eigenvalue weighted by Crippen LogP contribution is -2.64. The highest BCUT2D eigenvalue weighted by atomic mass is 35.5. The number of amides is 1. The maximum Gasteiger partial charge on any atom is 0.246 e. The number of nitrogens with zero attached hydrogens (tertiary/aromatic N) is 3. The molecular formula is C27H25Cl2FN4O4. The summed E-state index contributed by atoms with van der Waals surface area (Å²) in [6.45, 7) is 4.75. The zero-order valence-corrected chi connectivity index (χ0v) is 21.8. The highest BCUT2D eigenvalue weighted by Gasteiger charge is 2.48. The fraction of sp³-hybridized carbons (Fsp3) is 0.370. The van der Waals surface area contributed by atoms with Gasteiger partial charge in [-0.25, -0.2) is 14.4 Å². The zero-order chi connectivity index (χ0) is 26.4. The van der Waals surface area contributed by atoms with Crippen molar-refractivity contribution in [3.8, 4) is 11.5 Å². The zero-order valence-electron chi connectivity index (χ0n) is 20.3. The van der Waals surface area contributed by atoms with Gasteiger partial charge in [0.05, 0.1) is 34.5 Å². The van der Waals surface area contributed by atoms with Crippen molar-refractivity contribution in [2.45, 2.75) is 50.0 Å². The standard InChI is InChI=1S/C27H25Cl2FN4O4/c1-2-24(35)34-14-7-15(34)9-17(8-14)38-22-10-18-21(11-23(22)37-16-5-6-36-12-16)31-13-32-27(18)33-20-4-3-19(28)25(29)26(20)30/h2-4,10-11,13-17H,1,5-9,12H2,(H,31,32,33)/t14?,15?,16-,17?/m0/s1. The van der Waals surface area contributed by atoms with Crippen LogP contribution in [-0.4, -0.2) is 58.3 Å². The van der Waals surface area contributed by atoms with Crippen molar-refractivity contribution in [3.63, 3.8) is 0 Å². The molecule has 1 aliphatic carbocycles. The molecule has 7 rings (SSSR count). The van der Waals surface area contributed by atoms with Crippen LogP contribution < -0.4 is 14.8 Å². The van der Waals surface area contributed by atoms with E-state index in [9.17, 15) is 9.18 Å². The number of hydrogen-bond donors (Lipinski definition) is 1. The van der Waals surface area contributed by atoms with Crippen LogP contribution in [0.2, 0.25) is 10.0 Å². The number of benzene rings is 2. The number of carbonyl (C=O) groups excluding carboxylic acids is 1. The van der Waals surface area contributed by atoms with E-state index in [1.165, 1.54) is 24.5 Å². The monoisotopic (exact) mass is 558 g/mol. The van der Waals surface area contributed by atoms with Crippen molar-refractivity contribution < 1.29 is 23.4 Å². The van der Waals surface area contributed by atoms with Gasteiger partial charge in [0.25, 0.3) is 0 Å². The Balaban J connectivity index is 1.32. The van der Waals surface area contributed by atoms with E-state index in [4.69, 9.17) is 37.4 Å². The van der Waals surface area contributed by atoms with Gasteiger partial charge in [-0.1, -0.05) is 29.8 Å². The fourth-order valence-corrected chi connectivity index (χ4v) is 5.76. The first kappa shape index (κ1) is 25.2. The molecule has 4 heterocycles. The van der Waals surface area contributed by atoms with Crippen LogP contribution in [0.5, 0.6) is 11.5 Å². The van der Waals surface area contributed by atoms with Gasteiger partial charge in [0.2, 0.25) is 5.91 Å². The summed E-state index contributed by atoms with van der Waals surface area (Å²) in [5, 5.41) is 3.57. The number of rotatable bonds is 7. The summed E-state index contributed by atoms with van der Waals surface area (Å²) in [6, 6.07) is 6.89. The predicted octanol–water partition coefficient (Wildman–Crippen LogP) is 5.68. The third-order valence-corrected chi connectivity index (χ3v) is 8.08. The Morgan fingerprint density at radius 1 is 1.13 bits per heavy atom. The first-order chi connectivity index (χ1) is 18.4. The van der Waals surface area contributed by atoms with Gasteiger partial charge in [0.1, 0.15) is 24.4 Å². The molecule has 2 unspecified atom stereocenters. The number of fused-ring (bicyclic) bond motifs is 3. The summed E-state index contributed by atoms with van der Waals surface area (Å²) in [6.07, 6.45) is 5.73. The largest absolute Gasteiger partial charge is 0.486 e. The van der Waals surface area contributed by atoms with Gasteiger partial charge in [-0.05, 0) is 30.7 Å². The molecule has 0 radical (unpaired) electrons. The highest BCUT2D eigenvalue weighted by Crippen LogP contribution is 2.43. The van der Waals surface area contributed by atoms with Crippen molar-refractivity contribution in [1.82, 2.24) is 14.9 Å². The number of anilines is 2. The molecule has 4 aliphatic rings. The van der Waals surface area contributed by atoms with Crippen LogP contribution in [0.25, 0.3) is 10.9 Å². The molecule has 1 N–H and O–H groups in total. The number of ether oxygens (including phenoxy) is 3. The summed E-state index contributed by atoms with van der Waals surface area (Å²) in [5.74, 6) is 0.746. The minimum Gasteiger partial charge on any atom is -0.486 e. The van der Waals surface area contributed by atoms with E-state index in [0.29, 0.717) is 54.3 Å². The van der Waals surface area contributed by atoms with E-state index in [2.05, 4.69) is 21.9 Å². The minimum atomic E-state index is -0.677. The third kappa shape index (κ3) is 4.63. The molecule has 4 fully saturated rings. The molecule has 2 aromatic carbocycles. The van der Waals surface area contributed by atoms with E-state index in [0.717, 1.165) is 12.8 Å². The summed E-state index contributed by atoms with van der Waals surface area (Å²) < 4.78 is 33.0. The van der Waals surface area contributed by atoms with Crippen LogP contribution in [0.15, 0.2) is 43.2 Å². The number of halogens is 3. The van der Waals surface area contributed by atoms with Crippen LogP contribution in [0.1, 0.15) is 25.7 Å². The molecule has 3 saturated heterocycles. The Hall–Kier alpha value is -3.14. The Kier molecular flexibility index (Phi) is 6.75. The van der Waals surface area contributed by atoms with E-state index >= 15 is 0 Å². The Labute approximate surface area is 228 Å². The molecule has 1 amide bonds. The molecular weight excluding hydrogens is 534 g/mol. The summed E-state index contributed by atoms with van der Waals surface area (Å²) in [7, 11) is 0. The van der Waals surface area contributed by atoms with Crippen LogP contribution in [0, 0.1) is 5.82 Å². The van der Waals surface area contributed by atoms with Crippen molar-refractivity contribution in [1.29, 1.82) is 0 Å². The van der Waals surface area contributed by atoms with E-state index in [1.54, 1.807) is 6.07 Å². The van der Waals surface area contributed by atoms with Gasteiger partial charge in [-0.3, -0.25) is 4.79 Å². The average Bonchev–Trinajstić information content (AvgIpc) is 3.42. The van der Waals surface area contributed by atoms with Crippen LogP contribution in [0.3, 0.4) is 0 Å². The lowest BCUT2D eigenvalue weighted by molar-refractivity contribution is -0.148. The molecule has 2 bridgehead atoms. The smallest absolute Gasteiger partial charge is 0.246 e. The molecule has 3 atom stereocenters. The topological polar surface area (TPSA) is 85.8 Å². The van der Waals surface area contributed by atoms with Gasteiger partial charge >= 0.3 is 0 Å². The Bertz CT molecular complexity index is 1410. The van der Waals surface area contributed by atoms with E-state index < -0.39 is 5.82 Å². The maximum absolute atomic E-state index is 14.8. The predicted molar refractivity (Wildman–Crippen MR) is 142 cm³/mol. The molecule has 38 heavy (non-hydrogen) atoms. The summed E-state index contributed by atoms with van der Waals surface area (Å²) in [4.78, 5) is 22.8. The van der Waals surface area contributed by atoms with Gasteiger partial charge in [0, 0.05) is 42.8 Å². The number of carbonyl (C=O) groups is 1. The van der Waals surface area contributed by atoms with Crippen LogP contribution in [0.4, 0.5) is 15.9 Å². The van der Waals surface area contributed by atoms with Gasteiger partial charge in [-0.2, -0.15) is 0 Å². The first-order valence-corrected chi connectivity index (χ1v) is 13.2. The number of piperidine rings is 1. The van der Waals surface area contributed by atoms with Crippen molar-refractivity contribution >= 4 is 51.5 Å². The average molecular weight is 559 g/mol.